The SMILES string of the molecule is CCNC1CCC(C)(c2ccc(OC(C)C)cc2)C1. The molecule has 0 spiro atoms. The zero-order valence-corrected chi connectivity index (χ0v) is 12.7. The second kappa shape index (κ2) is 5.96. The Balaban J connectivity index is 2.05. The fraction of sp³-hybridized carbons (Fsp3) is 0.647. The standard InChI is InChI=1S/C17H27NO/c1-5-18-15-10-11-17(4,12-15)14-6-8-16(9-7-14)19-13(2)3/h6-9,13,15,18H,5,10-12H2,1-4H3. The Morgan fingerprint density at radius 1 is 1.32 bits per heavy atom. The zero-order valence-electron chi connectivity index (χ0n) is 12.7. The maximum absolute atomic E-state index is 5.71. The predicted molar refractivity (Wildman–Crippen MR) is 80.9 cm³/mol. The first-order valence-corrected chi connectivity index (χ1v) is 7.54. The van der Waals surface area contributed by atoms with Crippen LogP contribution in [-0.4, -0.2) is 18.7 Å². The van der Waals surface area contributed by atoms with E-state index >= 15 is 0 Å². The van der Waals surface area contributed by atoms with E-state index in [9.17, 15) is 0 Å². The third kappa shape index (κ3) is 3.50. The van der Waals surface area contributed by atoms with Crippen LogP contribution in [0.5, 0.6) is 5.75 Å². The summed E-state index contributed by atoms with van der Waals surface area (Å²) in [5.74, 6) is 0.976. The highest BCUT2D eigenvalue weighted by Gasteiger charge is 2.35. The minimum Gasteiger partial charge on any atom is -0.491 e. The van der Waals surface area contributed by atoms with Crippen LogP contribution < -0.4 is 10.1 Å². The number of benzene rings is 1. The molecule has 0 amide bonds. The molecule has 2 heteroatoms. The van der Waals surface area contributed by atoms with E-state index in [0.29, 0.717) is 11.5 Å². The highest BCUT2D eigenvalue weighted by Crippen LogP contribution is 2.41. The molecule has 2 atom stereocenters. The minimum atomic E-state index is 0.242. The Morgan fingerprint density at radius 2 is 2.00 bits per heavy atom. The van der Waals surface area contributed by atoms with Crippen LogP contribution in [0.15, 0.2) is 24.3 Å². The van der Waals surface area contributed by atoms with E-state index in [4.69, 9.17) is 4.74 Å². The molecule has 2 nitrogen and oxygen atoms in total. The van der Waals surface area contributed by atoms with Crippen LogP contribution in [0, 0.1) is 0 Å². The first kappa shape index (κ1) is 14.4. The van der Waals surface area contributed by atoms with Gasteiger partial charge in [-0.2, -0.15) is 0 Å². The van der Waals surface area contributed by atoms with Crippen molar-refractivity contribution in [2.24, 2.45) is 0 Å². The van der Waals surface area contributed by atoms with Crippen molar-refractivity contribution in [1.82, 2.24) is 5.32 Å². The van der Waals surface area contributed by atoms with Gasteiger partial charge < -0.3 is 10.1 Å². The van der Waals surface area contributed by atoms with Crippen molar-refractivity contribution in [1.29, 1.82) is 0 Å². The van der Waals surface area contributed by atoms with Crippen molar-refractivity contribution in [3.8, 4) is 5.75 Å². The molecule has 19 heavy (non-hydrogen) atoms. The monoisotopic (exact) mass is 261 g/mol. The topological polar surface area (TPSA) is 21.3 Å². The van der Waals surface area contributed by atoms with Gasteiger partial charge in [0, 0.05) is 6.04 Å². The molecule has 1 aromatic carbocycles. The van der Waals surface area contributed by atoms with E-state index in [2.05, 4.69) is 57.3 Å². The van der Waals surface area contributed by atoms with Gasteiger partial charge in [-0.25, -0.2) is 0 Å². The molecule has 0 aliphatic heterocycles. The quantitative estimate of drug-likeness (QED) is 0.868. The molecule has 1 aliphatic carbocycles. The second-order valence-corrected chi connectivity index (χ2v) is 6.25. The molecule has 0 saturated heterocycles. The number of rotatable bonds is 5. The van der Waals surface area contributed by atoms with E-state index in [-0.39, 0.29) is 6.10 Å². The summed E-state index contributed by atoms with van der Waals surface area (Å²) in [5.41, 5.74) is 1.77. The Kier molecular flexibility index (Phi) is 4.51. The molecule has 2 unspecified atom stereocenters. The van der Waals surface area contributed by atoms with Gasteiger partial charge in [-0.05, 0) is 62.8 Å². The van der Waals surface area contributed by atoms with Gasteiger partial charge in [0.15, 0.2) is 0 Å². The van der Waals surface area contributed by atoms with Crippen LogP contribution in [0.3, 0.4) is 0 Å². The lowest BCUT2D eigenvalue weighted by atomic mass is 9.81. The van der Waals surface area contributed by atoms with Crippen molar-refractivity contribution < 1.29 is 4.74 Å². The molecule has 0 bridgehead atoms. The molecule has 0 heterocycles. The van der Waals surface area contributed by atoms with Crippen LogP contribution in [0.1, 0.15) is 52.5 Å². The highest BCUT2D eigenvalue weighted by atomic mass is 16.5. The van der Waals surface area contributed by atoms with Crippen LogP contribution in [0.25, 0.3) is 0 Å². The molecule has 2 rings (SSSR count). The summed E-state index contributed by atoms with van der Waals surface area (Å²) in [7, 11) is 0. The summed E-state index contributed by atoms with van der Waals surface area (Å²) >= 11 is 0. The molecule has 0 aromatic heterocycles. The van der Waals surface area contributed by atoms with Gasteiger partial charge in [-0.1, -0.05) is 26.0 Å². The lowest BCUT2D eigenvalue weighted by Crippen LogP contribution is -2.28. The van der Waals surface area contributed by atoms with E-state index in [0.717, 1.165) is 12.3 Å². The van der Waals surface area contributed by atoms with Crippen LogP contribution in [-0.2, 0) is 5.41 Å². The van der Waals surface area contributed by atoms with Crippen molar-refractivity contribution in [3.63, 3.8) is 0 Å². The Labute approximate surface area is 117 Å². The Hall–Kier alpha value is -1.02. The molecular formula is C17H27NO. The Morgan fingerprint density at radius 3 is 2.58 bits per heavy atom. The maximum atomic E-state index is 5.71. The van der Waals surface area contributed by atoms with Gasteiger partial charge >= 0.3 is 0 Å². The largest absolute Gasteiger partial charge is 0.491 e. The predicted octanol–water partition coefficient (Wildman–Crippen LogP) is 3.89. The summed E-state index contributed by atoms with van der Waals surface area (Å²) in [4.78, 5) is 0. The van der Waals surface area contributed by atoms with Gasteiger partial charge in [0.05, 0.1) is 6.10 Å². The molecule has 0 radical (unpaired) electrons. The van der Waals surface area contributed by atoms with Gasteiger partial charge in [0.1, 0.15) is 5.75 Å². The first-order valence-electron chi connectivity index (χ1n) is 7.54. The lowest BCUT2D eigenvalue weighted by molar-refractivity contribution is 0.242. The smallest absolute Gasteiger partial charge is 0.119 e. The van der Waals surface area contributed by atoms with Gasteiger partial charge in [0.2, 0.25) is 0 Å². The van der Waals surface area contributed by atoms with Crippen molar-refractivity contribution in [3.05, 3.63) is 29.8 Å². The number of nitrogens with one attached hydrogen (secondary N) is 1. The minimum absolute atomic E-state index is 0.242. The lowest BCUT2D eigenvalue weighted by Gasteiger charge is -2.25. The first-order chi connectivity index (χ1) is 9.03. The molecule has 1 aromatic rings. The summed E-state index contributed by atoms with van der Waals surface area (Å²) in [5, 5.41) is 3.58. The fourth-order valence-corrected chi connectivity index (χ4v) is 3.17. The highest BCUT2D eigenvalue weighted by molar-refractivity contribution is 5.33. The van der Waals surface area contributed by atoms with E-state index in [1.165, 1.54) is 24.8 Å². The fourth-order valence-electron chi connectivity index (χ4n) is 3.17. The number of hydrogen-bond donors (Lipinski definition) is 1. The molecule has 1 N–H and O–H groups in total. The Bertz CT molecular complexity index is 398. The molecule has 106 valence electrons. The summed E-state index contributed by atoms with van der Waals surface area (Å²) in [6.45, 7) is 9.78. The maximum Gasteiger partial charge on any atom is 0.119 e. The molecule has 1 aliphatic rings. The summed E-state index contributed by atoms with van der Waals surface area (Å²) in [6.07, 6.45) is 4.04. The van der Waals surface area contributed by atoms with E-state index in [1.54, 1.807) is 0 Å². The van der Waals surface area contributed by atoms with Gasteiger partial charge in [0.25, 0.3) is 0 Å². The van der Waals surface area contributed by atoms with Crippen molar-refractivity contribution in [2.75, 3.05) is 6.54 Å². The van der Waals surface area contributed by atoms with Crippen molar-refractivity contribution in [2.45, 2.75) is 64.5 Å². The van der Waals surface area contributed by atoms with E-state index in [1.807, 2.05) is 0 Å². The van der Waals surface area contributed by atoms with Gasteiger partial charge in [-0.3, -0.25) is 0 Å². The molecule has 1 saturated carbocycles. The summed E-state index contributed by atoms with van der Waals surface area (Å²) < 4.78 is 5.71. The molecular weight excluding hydrogens is 234 g/mol. The van der Waals surface area contributed by atoms with Crippen molar-refractivity contribution >= 4 is 0 Å². The molecule has 1 fully saturated rings. The normalized spacial score (nSPS) is 26.9. The third-order valence-electron chi connectivity index (χ3n) is 4.16. The number of ether oxygens (including phenoxy) is 1. The number of hydrogen-bond acceptors (Lipinski definition) is 2. The second-order valence-electron chi connectivity index (χ2n) is 6.25. The van der Waals surface area contributed by atoms with Crippen LogP contribution in [0.2, 0.25) is 0 Å². The van der Waals surface area contributed by atoms with E-state index < -0.39 is 0 Å². The average Bonchev–Trinajstić information content (AvgIpc) is 2.73. The van der Waals surface area contributed by atoms with Crippen LogP contribution in [0.4, 0.5) is 0 Å². The average molecular weight is 261 g/mol. The third-order valence-corrected chi connectivity index (χ3v) is 4.16. The zero-order chi connectivity index (χ0) is 13.9. The van der Waals surface area contributed by atoms with Gasteiger partial charge in [-0.15, -0.1) is 0 Å². The van der Waals surface area contributed by atoms with Crippen LogP contribution >= 0.6 is 0 Å². The summed E-state index contributed by atoms with van der Waals surface area (Å²) in [6, 6.07) is 9.39.